The Kier molecular flexibility index (Phi) is 4.47. The summed E-state index contributed by atoms with van der Waals surface area (Å²) in [5, 5.41) is 6.13. The summed E-state index contributed by atoms with van der Waals surface area (Å²) in [6, 6.07) is 4.18. The number of amides is 1. The zero-order valence-corrected chi connectivity index (χ0v) is 13.5. The first-order chi connectivity index (χ1) is 10.2. The molecular formula is C15H19BrN2O3. The van der Waals surface area contributed by atoms with Gasteiger partial charge in [0.2, 0.25) is 5.91 Å². The Hall–Kier alpha value is -1.11. The molecule has 2 unspecified atom stereocenters. The van der Waals surface area contributed by atoms with E-state index in [1.807, 2.05) is 13.1 Å². The lowest BCUT2D eigenvalue weighted by Crippen LogP contribution is -2.42. The Labute approximate surface area is 132 Å². The average Bonchev–Trinajstić information content (AvgIpc) is 3.12. The van der Waals surface area contributed by atoms with E-state index in [1.54, 1.807) is 0 Å². The van der Waals surface area contributed by atoms with E-state index in [1.165, 1.54) is 5.56 Å². The highest BCUT2D eigenvalue weighted by Crippen LogP contribution is 2.33. The van der Waals surface area contributed by atoms with Crippen molar-refractivity contribution in [2.45, 2.75) is 19.0 Å². The van der Waals surface area contributed by atoms with Crippen LogP contribution in [0.4, 0.5) is 0 Å². The number of hydrogen-bond acceptors (Lipinski definition) is 4. The van der Waals surface area contributed by atoms with Gasteiger partial charge in [0.1, 0.15) is 5.75 Å². The summed E-state index contributed by atoms with van der Waals surface area (Å²) in [6.45, 7) is 2.26. The number of ether oxygens (including phenoxy) is 2. The van der Waals surface area contributed by atoms with E-state index in [0.29, 0.717) is 26.4 Å². The van der Waals surface area contributed by atoms with Gasteiger partial charge in [0.15, 0.2) is 0 Å². The first kappa shape index (κ1) is 14.8. The van der Waals surface area contributed by atoms with Crippen molar-refractivity contribution in [3.8, 4) is 5.75 Å². The highest BCUT2D eigenvalue weighted by atomic mass is 79.9. The molecule has 3 rings (SSSR count). The maximum absolute atomic E-state index is 12.3. The van der Waals surface area contributed by atoms with Gasteiger partial charge in [-0.25, -0.2) is 0 Å². The molecule has 0 aliphatic carbocycles. The largest absolute Gasteiger partial charge is 0.493 e. The third-order valence-corrected chi connectivity index (χ3v) is 4.52. The lowest BCUT2D eigenvalue weighted by atomic mass is 10.0. The van der Waals surface area contributed by atoms with E-state index in [0.717, 1.165) is 22.2 Å². The first-order valence-electron chi connectivity index (χ1n) is 7.16. The van der Waals surface area contributed by atoms with Crippen molar-refractivity contribution in [2.24, 2.45) is 5.92 Å². The highest BCUT2D eigenvalue weighted by molar-refractivity contribution is 9.10. The minimum Gasteiger partial charge on any atom is -0.493 e. The van der Waals surface area contributed by atoms with Crippen LogP contribution in [-0.2, 0) is 22.5 Å². The van der Waals surface area contributed by atoms with Crippen LogP contribution in [0.25, 0.3) is 0 Å². The van der Waals surface area contributed by atoms with Gasteiger partial charge in [-0.2, -0.15) is 0 Å². The Bertz CT molecular complexity index is 550. The molecule has 1 aromatic carbocycles. The van der Waals surface area contributed by atoms with Gasteiger partial charge >= 0.3 is 0 Å². The lowest BCUT2D eigenvalue weighted by molar-refractivity contribution is -0.125. The van der Waals surface area contributed by atoms with Gasteiger partial charge in [-0.1, -0.05) is 15.9 Å². The van der Waals surface area contributed by atoms with E-state index in [2.05, 4.69) is 32.6 Å². The Morgan fingerprint density at radius 1 is 1.43 bits per heavy atom. The molecule has 0 bridgehead atoms. The van der Waals surface area contributed by atoms with Gasteiger partial charge in [-0.15, -0.1) is 0 Å². The van der Waals surface area contributed by atoms with E-state index in [9.17, 15) is 4.79 Å². The smallest absolute Gasteiger partial charge is 0.227 e. The summed E-state index contributed by atoms with van der Waals surface area (Å²) >= 11 is 3.51. The number of halogens is 1. The first-order valence-corrected chi connectivity index (χ1v) is 7.95. The minimum absolute atomic E-state index is 0.0265. The predicted molar refractivity (Wildman–Crippen MR) is 82.3 cm³/mol. The van der Waals surface area contributed by atoms with Crippen LogP contribution in [-0.4, -0.2) is 38.8 Å². The van der Waals surface area contributed by atoms with Crippen LogP contribution in [0.15, 0.2) is 16.6 Å². The number of benzene rings is 1. The number of likely N-dealkylation sites (N-methyl/N-ethyl adjacent to an activating group) is 1. The van der Waals surface area contributed by atoms with Gasteiger partial charge < -0.3 is 20.1 Å². The molecule has 21 heavy (non-hydrogen) atoms. The zero-order valence-electron chi connectivity index (χ0n) is 11.9. The normalized spacial score (nSPS) is 23.7. The maximum Gasteiger partial charge on any atom is 0.227 e. The van der Waals surface area contributed by atoms with Gasteiger partial charge in [0.05, 0.1) is 25.7 Å². The van der Waals surface area contributed by atoms with Crippen molar-refractivity contribution in [3.63, 3.8) is 0 Å². The molecule has 0 aromatic heterocycles. The number of carbonyl (C=O) groups excluding carboxylic acids is 1. The summed E-state index contributed by atoms with van der Waals surface area (Å²) in [5.74, 6) is 0.820. The summed E-state index contributed by atoms with van der Waals surface area (Å²) in [4.78, 5) is 12.3. The summed E-state index contributed by atoms with van der Waals surface area (Å²) < 4.78 is 12.1. The van der Waals surface area contributed by atoms with Crippen molar-refractivity contribution in [2.75, 3.05) is 26.9 Å². The fourth-order valence-electron chi connectivity index (χ4n) is 2.89. The standard InChI is InChI=1S/C15H19BrN2O3/c1-17-13-8-20-7-12(13)15(19)18-6-10-5-11(16)4-9-2-3-21-14(9)10/h4-5,12-13,17H,2-3,6-8H2,1H3,(H,18,19). The highest BCUT2D eigenvalue weighted by Gasteiger charge is 2.32. The Morgan fingerprint density at radius 2 is 2.29 bits per heavy atom. The molecule has 1 amide bonds. The van der Waals surface area contributed by atoms with Gasteiger partial charge in [0.25, 0.3) is 0 Å². The van der Waals surface area contributed by atoms with E-state index >= 15 is 0 Å². The third-order valence-electron chi connectivity index (χ3n) is 4.07. The van der Waals surface area contributed by atoms with Crippen molar-refractivity contribution in [1.29, 1.82) is 0 Å². The molecule has 5 nitrogen and oxygen atoms in total. The van der Waals surface area contributed by atoms with Crippen LogP contribution < -0.4 is 15.4 Å². The van der Waals surface area contributed by atoms with Crippen LogP contribution >= 0.6 is 15.9 Å². The van der Waals surface area contributed by atoms with E-state index < -0.39 is 0 Å². The molecule has 6 heteroatoms. The number of nitrogens with one attached hydrogen (secondary N) is 2. The summed E-state index contributed by atoms with van der Waals surface area (Å²) in [5.41, 5.74) is 2.22. The molecule has 0 spiro atoms. The molecular weight excluding hydrogens is 336 g/mol. The fraction of sp³-hybridized carbons (Fsp3) is 0.533. The Balaban J connectivity index is 1.67. The van der Waals surface area contributed by atoms with E-state index in [-0.39, 0.29) is 17.9 Å². The van der Waals surface area contributed by atoms with Crippen LogP contribution in [0, 0.1) is 5.92 Å². The molecule has 0 saturated carbocycles. The van der Waals surface area contributed by atoms with Crippen LogP contribution in [0.5, 0.6) is 5.75 Å². The third kappa shape index (κ3) is 3.07. The summed E-state index contributed by atoms with van der Waals surface area (Å²) in [6.07, 6.45) is 0.925. The molecule has 2 N–H and O–H groups in total. The van der Waals surface area contributed by atoms with Crippen LogP contribution in [0.3, 0.4) is 0 Å². The molecule has 1 fully saturated rings. The molecule has 2 atom stereocenters. The monoisotopic (exact) mass is 354 g/mol. The van der Waals surface area contributed by atoms with E-state index in [4.69, 9.17) is 9.47 Å². The quantitative estimate of drug-likeness (QED) is 0.853. The molecule has 2 aliphatic heterocycles. The van der Waals surface area contributed by atoms with Crippen molar-refractivity contribution in [3.05, 3.63) is 27.7 Å². The molecule has 114 valence electrons. The fourth-order valence-corrected chi connectivity index (χ4v) is 3.44. The lowest BCUT2D eigenvalue weighted by Gasteiger charge is -2.17. The van der Waals surface area contributed by atoms with Gasteiger partial charge in [0, 0.05) is 29.0 Å². The van der Waals surface area contributed by atoms with Crippen LogP contribution in [0.2, 0.25) is 0 Å². The number of hydrogen-bond donors (Lipinski definition) is 2. The molecule has 2 heterocycles. The molecule has 0 radical (unpaired) electrons. The number of fused-ring (bicyclic) bond motifs is 1. The topological polar surface area (TPSA) is 59.6 Å². The second-order valence-electron chi connectivity index (χ2n) is 5.41. The summed E-state index contributed by atoms with van der Waals surface area (Å²) in [7, 11) is 1.86. The van der Waals surface area contributed by atoms with Crippen molar-refractivity contribution < 1.29 is 14.3 Å². The average molecular weight is 355 g/mol. The Morgan fingerprint density at radius 3 is 3.10 bits per heavy atom. The predicted octanol–water partition coefficient (Wildman–Crippen LogP) is 1.23. The van der Waals surface area contributed by atoms with Crippen molar-refractivity contribution in [1.82, 2.24) is 10.6 Å². The molecule has 2 aliphatic rings. The second-order valence-corrected chi connectivity index (χ2v) is 6.32. The molecule has 1 aromatic rings. The second kappa shape index (κ2) is 6.34. The number of rotatable bonds is 4. The van der Waals surface area contributed by atoms with Crippen LogP contribution in [0.1, 0.15) is 11.1 Å². The van der Waals surface area contributed by atoms with Gasteiger partial charge in [-0.3, -0.25) is 4.79 Å². The zero-order chi connectivity index (χ0) is 14.8. The maximum atomic E-state index is 12.3. The SMILES string of the molecule is CNC1COCC1C(=O)NCc1cc(Br)cc2c1OCC2. The molecule has 1 saturated heterocycles. The number of carbonyl (C=O) groups is 1. The minimum atomic E-state index is -0.129. The van der Waals surface area contributed by atoms with Gasteiger partial charge in [-0.05, 0) is 24.7 Å². The van der Waals surface area contributed by atoms with Crippen molar-refractivity contribution >= 4 is 21.8 Å².